The summed E-state index contributed by atoms with van der Waals surface area (Å²) in [4.78, 5) is 44.4. The number of aliphatic hydroxyl groups is 1. The van der Waals surface area contributed by atoms with E-state index in [-0.39, 0.29) is 17.8 Å². The molecular formula is C27H31N5O4. The van der Waals surface area contributed by atoms with Gasteiger partial charge in [0.2, 0.25) is 5.91 Å². The first kappa shape index (κ1) is 25.1. The SMILES string of the molecule is CCCCn1c(=O)n(CC(=O)Nc2ccccc2-c2ccccc2)c(=O)c2c1nc(CO)n2CCC. The van der Waals surface area contributed by atoms with Gasteiger partial charge in [-0.2, -0.15) is 0 Å². The van der Waals surface area contributed by atoms with Crippen molar-refractivity contribution in [1.29, 1.82) is 0 Å². The van der Waals surface area contributed by atoms with Gasteiger partial charge in [-0.3, -0.25) is 14.2 Å². The maximum Gasteiger partial charge on any atom is 0.333 e. The fraction of sp³-hybridized carbons (Fsp3) is 0.333. The number of hydrogen-bond donors (Lipinski definition) is 2. The molecule has 9 heteroatoms. The number of imidazole rings is 1. The fourth-order valence-corrected chi connectivity index (χ4v) is 4.37. The Morgan fingerprint density at radius 3 is 2.33 bits per heavy atom. The third kappa shape index (κ3) is 4.87. The van der Waals surface area contributed by atoms with Crippen molar-refractivity contribution in [2.24, 2.45) is 0 Å². The summed E-state index contributed by atoms with van der Waals surface area (Å²) in [6.07, 6.45) is 2.26. The Labute approximate surface area is 208 Å². The summed E-state index contributed by atoms with van der Waals surface area (Å²) >= 11 is 0. The molecule has 9 nitrogen and oxygen atoms in total. The maximum atomic E-state index is 13.5. The summed E-state index contributed by atoms with van der Waals surface area (Å²) < 4.78 is 4.06. The average molecular weight is 490 g/mol. The predicted molar refractivity (Wildman–Crippen MR) is 140 cm³/mol. The summed E-state index contributed by atoms with van der Waals surface area (Å²) in [6.45, 7) is 3.99. The number of fused-ring (bicyclic) bond motifs is 1. The van der Waals surface area contributed by atoms with E-state index in [0.29, 0.717) is 37.4 Å². The van der Waals surface area contributed by atoms with Gasteiger partial charge in [-0.05, 0) is 24.5 Å². The smallest absolute Gasteiger partial charge is 0.333 e. The molecule has 4 aromatic rings. The molecule has 2 heterocycles. The molecule has 4 rings (SSSR count). The number of benzene rings is 2. The van der Waals surface area contributed by atoms with Crippen LogP contribution in [0.2, 0.25) is 0 Å². The highest BCUT2D eigenvalue weighted by Gasteiger charge is 2.22. The van der Waals surface area contributed by atoms with Crippen LogP contribution in [0.15, 0.2) is 64.2 Å². The number of hydrogen-bond acceptors (Lipinski definition) is 5. The van der Waals surface area contributed by atoms with Crippen LogP contribution < -0.4 is 16.6 Å². The third-order valence-electron chi connectivity index (χ3n) is 6.11. The maximum absolute atomic E-state index is 13.5. The number of carbonyl (C=O) groups is 1. The van der Waals surface area contributed by atoms with Gasteiger partial charge in [0.25, 0.3) is 5.56 Å². The van der Waals surface area contributed by atoms with E-state index < -0.39 is 23.7 Å². The number of carbonyl (C=O) groups excluding carboxylic acids is 1. The third-order valence-corrected chi connectivity index (χ3v) is 6.11. The molecule has 0 atom stereocenters. The topological polar surface area (TPSA) is 111 Å². The van der Waals surface area contributed by atoms with Gasteiger partial charge >= 0.3 is 5.69 Å². The highest BCUT2D eigenvalue weighted by atomic mass is 16.3. The first-order valence-corrected chi connectivity index (χ1v) is 12.3. The Morgan fingerprint density at radius 2 is 1.64 bits per heavy atom. The van der Waals surface area contributed by atoms with Crippen molar-refractivity contribution < 1.29 is 9.90 Å². The van der Waals surface area contributed by atoms with Crippen molar-refractivity contribution in [2.45, 2.75) is 59.4 Å². The van der Waals surface area contributed by atoms with Gasteiger partial charge in [0.15, 0.2) is 11.2 Å². The Kier molecular flexibility index (Phi) is 7.80. The number of anilines is 1. The summed E-state index contributed by atoms with van der Waals surface area (Å²) in [6, 6.07) is 17.0. The number of aromatic nitrogens is 4. The van der Waals surface area contributed by atoms with Crippen molar-refractivity contribution in [3.8, 4) is 11.1 Å². The van der Waals surface area contributed by atoms with Crippen LogP contribution in [0.4, 0.5) is 5.69 Å². The van der Waals surface area contributed by atoms with E-state index in [1.165, 1.54) is 4.57 Å². The van der Waals surface area contributed by atoms with Gasteiger partial charge in [0, 0.05) is 24.3 Å². The van der Waals surface area contributed by atoms with E-state index in [4.69, 9.17) is 0 Å². The number of rotatable bonds is 10. The van der Waals surface area contributed by atoms with Crippen LogP contribution in [-0.2, 0) is 31.0 Å². The number of nitrogens with zero attached hydrogens (tertiary/aromatic N) is 4. The lowest BCUT2D eigenvalue weighted by Crippen LogP contribution is -2.43. The average Bonchev–Trinajstić information content (AvgIpc) is 3.26. The van der Waals surface area contributed by atoms with E-state index in [0.717, 1.165) is 22.1 Å². The molecular weight excluding hydrogens is 458 g/mol. The minimum Gasteiger partial charge on any atom is -0.388 e. The van der Waals surface area contributed by atoms with E-state index in [1.54, 1.807) is 10.6 Å². The van der Waals surface area contributed by atoms with Crippen LogP contribution >= 0.6 is 0 Å². The molecule has 0 unspecified atom stereocenters. The molecule has 0 radical (unpaired) electrons. The molecule has 2 aromatic heterocycles. The lowest BCUT2D eigenvalue weighted by atomic mass is 10.0. The van der Waals surface area contributed by atoms with Gasteiger partial charge in [-0.15, -0.1) is 0 Å². The summed E-state index contributed by atoms with van der Waals surface area (Å²) in [5.41, 5.74) is 1.67. The van der Waals surface area contributed by atoms with Crippen LogP contribution in [-0.4, -0.2) is 29.7 Å². The molecule has 0 aliphatic rings. The van der Waals surface area contributed by atoms with Crippen LogP contribution in [0, 0.1) is 0 Å². The molecule has 36 heavy (non-hydrogen) atoms. The van der Waals surface area contributed by atoms with Gasteiger partial charge in [-0.1, -0.05) is 68.8 Å². The Hall–Kier alpha value is -3.98. The Balaban J connectivity index is 1.76. The highest BCUT2D eigenvalue weighted by molar-refractivity contribution is 5.95. The number of aliphatic hydroxyl groups excluding tert-OH is 1. The number of amides is 1. The van der Waals surface area contributed by atoms with E-state index in [9.17, 15) is 19.5 Å². The van der Waals surface area contributed by atoms with Gasteiger partial charge in [-0.25, -0.2) is 14.3 Å². The van der Waals surface area contributed by atoms with Crippen LogP contribution in [0.25, 0.3) is 22.3 Å². The second kappa shape index (κ2) is 11.2. The zero-order valence-corrected chi connectivity index (χ0v) is 20.6. The molecule has 0 aliphatic heterocycles. The molecule has 2 N–H and O–H groups in total. The zero-order chi connectivity index (χ0) is 25.7. The molecule has 0 fully saturated rings. The summed E-state index contributed by atoms with van der Waals surface area (Å²) in [5.74, 6) is -0.157. The van der Waals surface area contributed by atoms with Gasteiger partial charge in [0.05, 0.1) is 0 Å². The van der Waals surface area contributed by atoms with Crippen LogP contribution in [0.1, 0.15) is 38.9 Å². The normalized spacial score (nSPS) is 11.2. The molecule has 0 aliphatic carbocycles. The van der Waals surface area contributed by atoms with Crippen LogP contribution in [0.3, 0.4) is 0 Å². The largest absolute Gasteiger partial charge is 0.388 e. The van der Waals surface area contributed by atoms with Crippen molar-refractivity contribution in [3.63, 3.8) is 0 Å². The molecule has 0 saturated heterocycles. The monoisotopic (exact) mass is 489 g/mol. The summed E-state index contributed by atoms with van der Waals surface area (Å²) in [7, 11) is 0. The van der Waals surface area contributed by atoms with Gasteiger partial charge < -0.3 is 15.0 Å². The van der Waals surface area contributed by atoms with Crippen molar-refractivity contribution >= 4 is 22.8 Å². The van der Waals surface area contributed by atoms with E-state index >= 15 is 0 Å². The zero-order valence-electron chi connectivity index (χ0n) is 20.6. The van der Waals surface area contributed by atoms with Crippen molar-refractivity contribution in [2.75, 3.05) is 5.32 Å². The minimum absolute atomic E-state index is 0.231. The molecule has 0 bridgehead atoms. The van der Waals surface area contributed by atoms with E-state index in [1.807, 2.05) is 62.4 Å². The molecule has 0 saturated carbocycles. The summed E-state index contributed by atoms with van der Waals surface area (Å²) in [5, 5.41) is 12.7. The van der Waals surface area contributed by atoms with Crippen molar-refractivity contribution in [3.05, 3.63) is 81.3 Å². The first-order valence-electron chi connectivity index (χ1n) is 12.3. The van der Waals surface area contributed by atoms with Gasteiger partial charge in [0.1, 0.15) is 19.0 Å². The van der Waals surface area contributed by atoms with E-state index in [2.05, 4.69) is 10.3 Å². The first-order chi connectivity index (χ1) is 17.5. The molecule has 2 aromatic carbocycles. The quantitative estimate of drug-likeness (QED) is 0.355. The highest BCUT2D eigenvalue weighted by Crippen LogP contribution is 2.27. The number of aryl methyl sites for hydroxylation is 2. The second-order valence-electron chi connectivity index (χ2n) is 8.65. The fourth-order valence-electron chi connectivity index (χ4n) is 4.37. The molecule has 188 valence electrons. The Bertz CT molecular complexity index is 1480. The lowest BCUT2D eigenvalue weighted by Gasteiger charge is -2.14. The molecule has 1 amide bonds. The molecule has 0 spiro atoms. The Morgan fingerprint density at radius 1 is 0.917 bits per heavy atom. The lowest BCUT2D eigenvalue weighted by molar-refractivity contribution is -0.116. The standard InChI is InChI=1S/C27H31N5O4/c1-3-5-16-31-25-24(30(15-4-2)22(18-33)29-25)26(35)32(27(31)36)17-23(34)28-21-14-10-9-13-20(21)19-11-7-6-8-12-19/h6-14,33H,3-5,15-18H2,1-2H3,(H,28,34). The number of unbranched alkanes of at least 4 members (excludes halogenated alkanes) is 1. The predicted octanol–water partition coefficient (Wildman–Crippen LogP) is 3.37. The van der Waals surface area contributed by atoms with Crippen LogP contribution in [0.5, 0.6) is 0 Å². The minimum atomic E-state index is -0.588. The number of nitrogens with one attached hydrogen (secondary N) is 1. The van der Waals surface area contributed by atoms with Crippen molar-refractivity contribution in [1.82, 2.24) is 18.7 Å². The number of para-hydroxylation sites is 1. The second-order valence-corrected chi connectivity index (χ2v) is 8.65.